The second kappa shape index (κ2) is 4.92. The van der Waals surface area contributed by atoms with Crippen molar-refractivity contribution in [2.24, 2.45) is 0 Å². The second-order valence-electron chi connectivity index (χ2n) is 4.43. The Morgan fingerprint density at radius 1 is 1.59 bits per heavy atom. The number of ether oxygens (including phenoxy) is 1. The van der Waals surface area contributed by atoms with Gasteiger partial charge in [-0.1, -0.05) is 6.92 Å². The van der Waals surface area contributed by atoms with Crippen molar-refractivity contribution in [3.8, 4) is 0 Å². The molecular weight excluding hydrogens is 218 g/mol. The van der Waals surface area contributed by atoms with Crippen LogP contribution in [0.15, 0.2) is 16.5 Å². The van der Waals surface area contributed by atoms with Gasteiger partial charge < -0.3 is 9.15 Å². The van der Waals surface area contributed by atoms with Gasteiger partial charge in [0.1, 0.15) is 5.76 Å². The molecule has 17 heavy (non-hydrogen) atoms. The zero-order chi connectivity index (χ0) is 12.4. The summed E-state index contributed by atoms with van der Waals surface area (Å²) in [5.74, 6) is 0.693. The van der Waals surface area contributed by atoms with Gasteiger partial charge in [-0.2, -0.15) is 0 Å². The highest BCUT2D eigenvalue weighted by atomic mass is 16.5. The zero-order valence-electron chi connectivity index (χ0n) is 10.6. The fourth-order valence-electron chi connectivity index (χ4n) is 2.21. The minimum atomic E-state index is -0.419. The van der Waals surface area contributed by atoms with Gasteiger partial charge in [-0.3, -0.25) is 4.90 Å². The normalized spacial score (nSPS) is 17.2. The average Bonchev–Trinajstić information content (AvgIpc) is 3.05. The van der Waals surface area contributed by atoms with Gasteiger partial charge in [-0.15, -0.1) is 0 Å². The number of nitrogens with zero attached hydrogens (tertiary/aromatic N) is 1. The molecule has 1 aliphatic carbocycles. The third-order valence-electron chi connectivity index (χ3n) is 3.30. The molecule has 4 heteroatoms. The first-order valence-corrected chi connectivity index (χ1v) is 6.11. The fourth-order valence-corrected chi connectivity index (χ4v) is 2.21. The molecule has 0 N–H and O–H groups in total. The largest absolute Gasteiger partial charge is 0.463 e. The Labute approximate surface area is 102 Å². The lowest BCUT2D eigenvalue weighted by atomic mass is 10.2. The van der Waals surface area contributed by atoms with E-state index in [-0.39, 0.29) is 11.8 Å². The van der Waals surface area contributed by atoms with Crippen LogP contribution in [0, 0.1) is 0 Å². The Kier molecular flexibility index (Phi) is 3.52. The Morgan fingerprint density at radius 3 is 2.82 bits per heavy atom. The molecular formula is C13H19NO3. The lowest BCUT2D eigenvalue weighted by Gasteiger charge is -2.25. The Balaban J connectivity index is 2.10. The number of carbonyl (C=O) groups is 1. The fraction of sp³-hybridized carbons (Fsp3) is 0.615. The minimum absolute atomic E-state index is 0.214. The van der Waals surface area contributed by atoms with Gasteiger partial charge in [0.25, 0.3) is 0 Å². The molecule has 2 rings (SSSR count). The molecule has 1 unspecified atom stereocenters. The first-order valence-electron chi connectivity index (χ1n) is 6.11. The predicted octanol–water partition coefficient (Wildman–Crippen LogP) is 2.61. The molecule has 0 aromatic carbocycles. The molecule has 4 nitrogen and oxygen atoms in total. The van der Waals surface area contributed by atoms with Gasteiger partial charge in [-0.25, -0.2) is 4.79 Å². The third-order valence-corrected chi connectivity index (χ3v) is 3.30. The molecule has 0 bridgehead atoms. The van der Waals surface area contributed by atoms with Gasteiger partial charge in [0.15, 0.2) is 0 Å². The minimum Gasteiger partial charge on any atom is -0.463 e. The van der Waals surface area contributed by atoms with Crippen LogP contribution in [0.3, 0.4) is 0 Å². The van der Waals surface area contributed by atoms with Crippen LogP contribution in [0.25, 0.3) is 0 Å². The van der Waals surface area contributed by atoms with E-state index >= 15 is 0 Å². The maximum atomic E-state index is 11.3. The van der Waals surface area contributed by atoms with Crippen molar-refractivity contribution in [3.63, 3.8) is 0 Å². The number of methoxy groups -OCH3 is 1. The van der Waals surface area contributed by atoms with Crippen LogP contribution >= 0.6 is 0 Å². The summed E-state index contributed by atoms with van der Waals surface area (Å²) >= 11 is 0. The quantitative estimate of drug-likeness (QED) is 0.738. The highest BCUT2D eigenvalue weighted by molar-refractivity contribution is 5.86. The smallest absolute Gasteiger partial charge is 0.373 e. The van der Waals surface area contributed by atoms with Crippen molar-refractivity contribution in [1.82, 2.24) is 4.90 Å². The summed E-state index contributed by atoms with van der Waals surface area (Å²) in [5.41, 5.74) is 0. The maximum absolute atomic E-state index is 11.3. The Hall–Kier alpha value is -1.29. The lowest BCUT2D eigenvalue weighted by molar-refractivity contribution is 0.0558. The number of hydrogen-bond donors (Lipinski definition) is 0. The molecule has 1 aromatic heterocycles. The first-order chi connectivity index (χ1) is 8.17. The summed E-state index contributed by atoms with van der Waals surface area (Å²) < 4.78 is 10.2. The molecule has 94 valence electrons. The number of hydrogen-bond acceptors (Lipinski definition) is 4. The number of carbonyl (C=O) groups excluding carboxylic acids is 1. The first kappa shape index (κ1) is 12.2. The van der Waals surface area contributed by atoms with E-state index in [0.717, 1.165) is 12.3 Å². The number of esters is 1. The van der Waals surface area contributed by atoms with E-state index in [1.165, 1.54) is 20.0 Å². The van der Waals surface area contributed by atoms with Crippen molar-refractivity contribution in [2.45, 2.75) is 38.8 Å². The van der Waals surface area contributed by atoms with Crippen LogP contribution in [-0.4, -0.2) is 30.6 Å². The molecule has 0 aliphatic heterocycles. The van der Waals surface area contributed by atoms with E-state index in [9.17, 15) is 4.79 Å². The van der Waals surface area contributed by atoms with Gasteiger partial charge in [0, 0.05) is 6.04 Å². The summed E-state index contributed by atoms with van der Waals surface area (Å²) in [5, 5.41) is 0. The van der Waals surface area contributed by atoms with E-state index in [1.54, 1.807) is 6.07 Å². The van der Waals surface area contributed by atoms with Crippen molar-refractivity contribution < 1.29 is 13.9 Å². The summed E-state index contributed by atoms with van der Waals surface area (Å²) in [6.07, 6.45) is 2.53. The SMILES string of the molecule is CCN(C1CC1)C(C)c1ccc(C(=O)OC)o1. The molecule has 1 saturated carbocycles. The molecule has 0 spiro atoms. The summed E-state index contributed by atoms with van der Waals surface area (Å²) in [6, 6.07) is 4.44. The molecule has 1 heterocycles. The predicted molar refractivity (Wildman–Crippen MR) is 63.9 cm³/mol. The monoisotopic (exact) mass is 237 g/mol. The number of furan rings is 1. The van der Waals surface area contributed by atoms with Crippen LogP contribution < -0.4 is 0 Å². The topological polar surface area (TPSA) is 42.7 Å². The lowest BCUT2D eigenvalue weighted by Crippen LogP contribution is -2.28. The molecule has 1 aromatic rings. The molecule has 0 radical (unpaired) electrons. The van der Waals surface area contributed by atoms with Gasteiger partial charge in [-0.05, 0) is 38.4 Å². The van der Waals surface area contributed by atoms with Crippen molar-refractivity contribution in [3.05, 3.63) is 23.7 Å². The van der Waals surface area contributed by atoms with Crippen LogP contribution in [0.2, 0.25) is 0 Å². The summed E-state index contributed by atoms with van der Waals surface area (Å²) in [6.45, 7) is 5.26. The second-order valence-corrected chi connectivity index (χ2v) is 4.43. The number of rotatable bonds is 5. The van der Waals surface area contributed by atoms with Gasteiger partial charge in [0.05, 0.1) is 13.2 Å². The van der Waals surface area contributed by atoms with E-state index in [4.69, 9.17) is 4.42 Å². The van der Waals surface area contributed by atoms with E-state index in [0.29, 0.717) is 6.04 Å². The maximum Gasteiger partial charge on any atom is 0.373 e. The molecule has 0 saturated heterocycles. The van der Waals surface area contributed by atoms with Crippen molar-refractivity contribution in [2.75, 3.05) is 13.7 Å². The highest BCUT2D eigenvalue weighted by Crippen LogP contribution is 2.34. The highest BCUT2D eigenvalue weighted by Gasteiger charge is 2.32. The van der Waals surface area contributed by atoms with Crippen LogP contribution in [0.5, 0.6) is 0 Å². The van der Waals surface area contributed by atoms with E-state index in [2.05, 4.69) is 23.5 Å². The van der Waals surface area contributed by atoms with E-state index in [1.807, 2.05) is 6.07 Å². The van der Waals surface area contributed by atoms with Gasteiger partial charge in [0.2, 0.25) is 5.76 Å². The van der Waals surface area contributed by atoms with E-state index < -0.39 is 5.97 Å². The molecule has 0 amide bonds. The Morgan fingerprint density at radius 2 is 2.29 bits per heavy atom. The Bertz CT molecular complexity index is 395. The molecule has 1 fully saturated rings. The van der Waals surface area contributed by atoms with Crippen LogP contribution in [-0.2, 0) is 4.74 Å². The average molecular weight is 237 g/mol. The zero-order valence-corrected chi connectivity index (χ0v) is 10.6. The van der Waals surface area contributed by atoms with Gasteiger partial charge >= 0.3 is 5.97 Å². The van der Waals surface area contributed by atoms with Crippen LogP contribution in [0.4, 0.5) is 0 Å². The molecule has 1 aliphatic rings. The standard InChI is InChI=1S/C13H19NO3/c1-4-14(10-5-6-10)9(2)11-7-8-12(17-11)13(15)16-3/h7-10H,4-6H2,1-3H3. The summed E-state index contributed by atoms with van der Waals surface area (Å²) in [4.78, 5) is 13.7. The van der Waals surface area contributed by atoms with Crippen molar-refractivity contribution >= 4 is 5.97 Å². The third kappa shape index (κ3) is 2.52. The van der Waals surface area contributed by atoms with Crippen molar-refractivity contribution in [1.29, 1.82) is 0 Å². The molecule has 1 atom stereocenters. The van der Waals surface area contributed by atoms with Crippen LogP contribution in [0.1, 0.15) is 49.0 Å². The summed E-state index contributed by atoms with van der Waals surface area (Å²) in [7, 11) is 1.36.